The molecule has 1 saturated heterocycles. The van der Waals surface area contributed by atoms with Crippen LogP contribution < -0.4 is 9.80 Å². The molecule has 0 bridgehead atoms. The molecule has 1 aromatic heterocycles. The lowest BCUT2D eigenvalue weighted by atomic mass is 10.1. The van der Waals surface area contributed by atoms with Crippen molar-refractivity contribution in [3.8, 4) is 0 Å². The van der Waals surface area contributed by atoms with Crippen LogP contribution in [0.25, 0.3) is 0 Å². The van der Waals surface area contributed by atoms with Gasteiger partial charge in [-0.3, -0.25) is 4.79 Å². The zero-order valence-electron chi connectivity index (χ0n) is 20.8. The molecular formula is C27H32ClN5OS. The second-order valence-corrected chi connectivity index (χ2v) is 10.1. The maximum Gasteiger partial charge on any atom is 0.253 e. The van der Waals surface area contributed by atoms with Gasteiger partial charge in [0.2, 0.25) is 0 Å². The molecule has 0 atom stereocenters. The quantitative estimate of drug-likeness (QED) is 0.311. The molecule has 1 aliphatic heterocycles. The van der Waals surface area contributed by atoms with Gasteiger partial charge in [-0.25, -0.2) is 9.97 Å². The highest BCUT2D eigenvalue weighted by atomic mass is 35.5. The molecule has 2 aromatic carbocycles. The summed E-state index contributed by atoms with van der Waals surface area (Å²) in [5.41, 5.74) is 5.08. The number of rotatable bonds is 7. The number of benzene rings is 2. The molecule has 35 heavy (non-hydrogen) atoms. The Hall–Kier alpha value is -2.77. The average Bonchev–Trinajstić information content (AvgIpc) is 2.89. The molecule has 8 heteroatoms. The second kappa shape index (κ2) is 11.3. The predicted molar refractivity (Wildman–Crippen MR) is 146 cm³/mol. The van der Waals surface area contributed by atoms with Gasteiger partial charge in [0.15, 0.2) is 5.16 Å². The van der Waals surface area contributed by atoms with Gasteiger partial charge in [0, 0.05) is 62.3 Å². The van der Waals surface area contributed by atoms with E-state index in [-0.39, 0.29) is 5.91 Å². The fourth-order valence-electron chi connectivity index (χ4n) is 4.08. The normalized spacial score (nSPS) is 13.7. The number of hydrogen-bond donors (Lipinski definition) is 0. The first kappa shape index (κ1) is 25.3. The summed E-state index contributed by atoms with van der Waals surface area (Å²) >= 11 is 8.04. The lowest BCUT2D eigenvalue weighted by molar-refractivity contribution is 0.0802. The van der Waals surface area contributed by atoms with Gasteiger partial charge in [0.05, 0.1) is 10.7 Å². The number of aromatic nitrogens is 2. The van der Waals surface area contributed by atoms with Crippen molar-refractivity contribution >= 4 is 40.8 Å². The zero-order chi connectivity index (χ0) is 24.9. The topological polar surface area (TPSA) is 52.6 Å². The van der Waals surface area contributed by atoms with E-state index in [0.717, 1.165) is 70.4 Å². The molecule has 0 radical (unpaired) electrons. The third-order valence-electron chi connectivity index (χ3n) is 6.51. The summed E-state index contributed by atoms with van der Waals surface area (Å²) in [5.74, 6) is 1.81. The van der Waals surface area contributed by atoms with Crippen LogP contribution in [0.15, 0.2) is 53.7 Å². The Balaban J connectivity index is 1.41. The molecule has 2 heterocycles. The Morgan fingerprint density at radius 2 is 1.66 bits per heavy atom. The molecule has 1 amide bonds. The summed E-state index contributed by atoms with van der Waals surface area (Å²) in [7, 11) is 1.82. The van der Waals surface area contributed by atoms with Crippen molar-refractivity contribution < 1.29 is 4.79 Å². The van der Waals surface area contributed by atoms with Crippen molar-refractivity contribution in [3.63, 3.8) is 0 Å². The maximum absolute atomic E-state index is 12.3. The van der Waals surface area contributed by atoms with Crippen molar-refractivity contribution in [2.75, 3.05) is 49.6 Å². The number of anilines is 2. The number of amides is 1. The minimum Gasteiger partial charge on any atom is -0.367 e. The minimum absolute atomic E-state index is 0.0449. The molecular weight excluding hydrogens is 478 g/mol. The van der Waals surface area contributed by atoms with E-state index >= 15 is 0 Å². The summed E-state index contributed by atoms with van der Waals surface area (Å²) in [4.78, 5) is 28.4. The molecule has 6 nitrogen and oxygen atoms in total. The Bertz CT molecular complexity index is 1180. The Labute approximate surface area is 217 Å². The lowest BCUT2D eigenvalue weighted by Gasteiger charge is -2.37. The van der Waals surface area contributed by atoms with E-state index in [1.165, 1.54) is 0 Å². The van der Waals surface area contributed by atoms with Gasteiger partial charge < -0.3 is 14.7 Å². The smallest absolute Gasteiger partial charge is 0.253 e. The monoisotopic (exact) mass is 509 g/mol. The highest BCUT2D eigenvalue weighted by Crippen LogP contribution is 2.30. The summed E-state index contributed by atoms with van der Waals surface area (Å²) in [6.07, 6.45) is 0. The first-order valence-corrected chi connectivity index (χ1v) is 13.3. The van der Waals surface area contributed by atoms with Gasteiger partial charge in [-0.2, -0.15) is 0 Å². The molecule has 0 spiro atoms. The molecule has 0 saturated carbocycles. The van der Waals surface area contributed by atoms with Gasteiger partial charge in [0.25, 0.3) is 5.91 Å². The molecule has 0 N–H and O–H groups in total. The summed E-state index contributed by atoms with van der Waals surface area (Å²) < 4.78 is 0. The van der Waals surface area contributed by atoms with Crippen LogP contribution in [-0.4, -0.2) is 60.5 Å². The fourth-order valence-corrected chi connectivity index (χ4v) is 5.18. The molecule has 1 aliphatic rings. The third kappa shape index (κ3) is 5.90. The molecule has 0 aliphatic carbocycles. The van der Waals surface area contributed by atoms with Crippen LogP contribution in [-0.2, 0) is 5.75 Å². The number of piperazine rings is 1. The van der Waals surface area contributed by atoms with Gasteiger partial charge in [-0.05, 0) is 50.6 Å². The minimum atomic E-state index is 0.0449. The van der Waals surface area contributed by atoms with Crippen molar-refractivity contribution in [2.45, 2.75) is 31.7 Å². The van der Waals surface area contributed by atoms with Crippen LogP contribution in [0.3, 0.4) is 0 Å². The van der Waals surface area contributed by atoms with Crippen LogP contribution in [0.1, 0.15) is 34.1 Å². The van der Waals surface area contributed by atoms with E-state index in [4.69, 9.17) is 21.6 Å². The van der Waals surface area contributed by atoms with Crippen molar-refractivity contribution in [3.05, 3.63) is 75.9 Å². The summed E-state index contributed by atoms with van der Waals surface area (Å²) in [6, 6.07) is 15.8. The van der Waals surface area contributed by atoms with Crippen molar-refractivity contribution in [1.29, 1.82) is 0 Å². The number of halogens is 1. The van der Waals surface area contributed by atoms with Gasteiger partial charge in [-0.1, -0.05) is 47.6 Å². The van der Waals surface area contributed by atoms with E-state index in [1.54, 1.807) is 16.7 Å². The summed E-state index contributed by atoms with van der Waals surface area (Å²) in [6.45, 7) is 10.4. The average molecular weight is 510 g/mol. The molecule has 1 fully saturated rings. The Kier molecular flexibility index (Phi) is 8.19. The van der Waals surface area contributed by atoms with E-state index < -0.39 is 0 Å². The van der Waals surface area contributed by atoms with Crippen LogP contribution in [0, 0.1) is 13.8 Å². The number of para-hydroxylation sites is 1. The SMILES string of the molecule is CCN(C)C(=O)c1ccc(CSc2nc(C)c(C)c(N3CCN(c4ccccc4Cl)CC3)n2)cc1. The van der Waals surface area contributed by atoms with Gasteiger partial charge >= 0.3 is 0 Å². The zero-order valence-corrected chi connectivity index (χ0v) is 22.4. The van der Waals surface area contributed by atoms with Crippen LogP contribution in [0.5, 0.6) is 0 Å². The number of aryl methyl sites for hydroxylation is 1. The van der Waals surface area contributed by atoms with E-state index in [0.29, 0.717) is 12.1 Å². The largest absolute Gasteiger partial charge is 0.367 e. The molecule has 0 unspecified atom stereocenters. The third-order valence-corrected chi connectivity index (χ3v) is 7.74. The van der Waals surface area contributed by atoms with Crippen LogP contribution in [0.4, 0.5) is 11.5 Å². The number of carbonyl (C=O) groups excluding carboxylic acids is 1. The number of thioether (sulfide) groups is 1. The van der Waals surface area contributed by atoms with Crippen LogP contribution in [0.2, 0.25) is 5.02 Å². The van der Waals surface area contributed by atoms with Gasteiger partial charge in [-0.15, -0.1) is 0 Å². The van der Waals surface area contributed by atoms with E-state index in [9.17, 15) is 4.79 Å². The van der Waals surface area contributed by atoms with Gasteiger partial charge in [0.1, 0.15) is 5.82 Å². The number of hydrogen-bond acceptors (Lipinski definition) is 6. The lowest BCUT2D eigenvalue weighted by Crippen LogP contribution is -2.47. The Morgan fingerprint density at radius 1 is 1.00 bits per heavy atom. The number of carbonyl (C=O) groups is 1. The van der Waals surface area contributed by atoms with Crippen molar-refractivity contribution in [1.82, 2.24) is 14.9 Å². The highest BCUT2D eigenvalue weighted by molar-refractivity contribution is 7.98. The molecule has 3 aromatic rings. The highest BCUT2D eigenvalue weighted by Gasteiger charge is 2.22. The standard InChI is InChI=1S/C27H32ClN5OS/c1-5-31(4)26(34)22-12-10-21(11-13-22)18-35-27-29-20(3)19(2)25(30-27)33-16-14-32(15-17-33)24-9-7-6-8-23(24)28/h6-13H,5,14-18H2,1-4H3. The summed E-state index contributed by atoms with van der Waals surface area (Å²) in [5, 5.41) is 1.57. The molecule has 184 valence electrons. The maximum atomic E-state index is 12.3. The predicted octanol–water partition coefficient (Wildman–Crippen LogP) is 5.46. The first-order valence-electron chi connectivity index (χ1n) is 11.9. The number of nitrogens with zero attached hydrogens (tertiary/aromatic N) is 5. The first-order chi connectivity index (χ1) is 16.9. The second-order valence-electron chi connectivity index (χ2n) is 8.77. The molecule has 4 rings (SSSR count). The Morgan fingerprint density at radius 3 is 2.31 bits per heavy atom. The van der Waals surface area contributed by atoms with Crippen molar-refractivity contribution in [2.24, 2.45) is 0 Å². The van der Waals surface area contributed by atoms with Crippen LogP contribution >= 0.6 is 23.4 Å². The van der Waals surface area contributed by atoms with E-state index in [2.05, 4.69) is 29.7 Å². The fraction of sp³-hybridized carbons (Fsp3) is 0.370. The van der Waals surface area contributed by atoms with E-state index in [1.807, 2.05) is 56.4 Å².